The van der Waals surface area contributed by atoms with Crippen LogP contribution in [0.4, 0.5) is 5.82 Å². The molecule has 0 bridgehead atoms. The van der Waals surface area contributed by atoms with E-state index < -0.39 is 13.9 Å². The first-order valence-corrected chi connectivity index (χ1v) is 32.8. The molecule has 20 heteroatoms. The fraction of sp³-hybridized carbons (Fsp3) is 0.881. The molecule has 2 aromatic heterocycles. The summed E-state index contributed by atoms with van der Waals surface area (Å²) in [5.41, 5.74) is 6.68. The van der Waals surface area contributed by atoms with Gasteiger partial charge in [0.1, 0.15) is 12.1 Å². The Morgan fingerprint density at radius 2 is 1.13 bits per heavy atom. The number of nitrogens with zero attached hydrogens (tertiary/aromatic N) is 4. The molecule has 0 radical (unpaired) electrons. The number of ether oxygens (including phenoxy) is 6. The number of piperidine rings is 1. The lowest BCUT2D eigenvalue weighted by molar-refractivity contribution is -0.163. The molecule has 4 N–H and O–H groups in total. The van der Waals surface area contributed by atoms with Crippen LogP contribution in [0.15, 0.2) is 4.79 Å². The molecule has 1 saturated heterocycles. The summed E-state index contributed by atoms with van der Waals surface area (Å²) in [6, 6.07) is 0.153. The molecule has 3 atom stereocenters. The minimum Gasteiger partial charge on any atom is -0.462 e. The van der Waals surface area contributed by atoms with Crippen molar-refractivity contribution in [1.29, 1.82) is 0 Å². The van der Waals surface area contributed by atoms with Crippen LogP contribution in [0.3, 0.4) is 0 Å². The molecule has 3 heterocycles. The number of unbranched alkanes of at least 4 members (excludes halogenated alkanes) is 24. The fourth-order valence-corrected chi connectivity index (χ4v) is 10.6. The number of nitrogens with one attached hydrogen (secondary N) is 1. The van der Waals surface area contributed by atoms with E-state index in [0.717, 1.165) is 77.3 Å². The average Bonchev–Trinajstić information content (AvgIpc) is 3.93. The first-order valence-electron chi connectivity index (χ1n) is 31.3. The molecule has 1 aliphatic heterocycles. The van der Waals surface area contributed by atoms with Gasteiger partial charge in [-0.15, -0.1) is 0 Å². The number of esters is 2. The van der Waals surface area contributed by atoms with Crippen LogP contribution in [0.2, 0.25) is 0 Å². The number of fused-ring (bicyclic) bond motifs is 1. The Morgan fingerprint density at radius 3 is 1.66 bits per heavy atom. The third kappa shape index (κ3) is 34.8. The summed E-state index contributed by atoms with van der Waals surface area (Å²) >= 11 is 0. The lowest BCUT2D eigenvalue weighted by Gasteiger charge is -2.31. The van der Waals surface area contributed by atoms with Crippen molar-refractivity contribution in [3.05, 3.63) is 10.5 Å². The summed E-state index contributed by atoms with van der Waals surface area (Å²) in [7, 11) is -4.29. The molecule has 0 spiro atoms. The molecular weight excluding hydrogens is 1030 g/mol. The number of nitrogens with two attached hydrogens (primary N) is 1. The highest BCUT2D eigenvalue weighted by Crippen LogP contribution is 2.42. The zero-order chi connectivity index (χ0) is 57.0. The molecule has 3 unspecified atom stereocenters. The number of phosphoric ester groups is 1. The first-order chi connectivity index (χ1) is 38.4. The molecular formula is C59H109N6O13P. The number of aromatic amines is 1. The van der Waals surface area contributed by atoms with Crippen molar-refractivity contribution >= 4 is 36.7 Å². The smallest absolute Gasteiger partial charge is 0.462 e. The number of rotatable bonds is 53. The standard InChI is InChI=1S/C59H109N6O13P/c1-5-8-10-12-14-16-18-20-22-24-26-28-30-33-53(66)74-49-52(78-54(67)34-31-29-27-25-23-21-19-17-15-13-11-9-6-2)48-73-44-43-71-41-42-72-45-46-76-79(69,70)75-40-39-64-37-35-51(36-38-64)47-65-57-55(61-59(65)68)56(60)62-58(63-57)77-50(4)32-7-3/h50-52H,5-49H2,1-4H3,(H,61,68)(H,69,70)(H2,60,62,63). The Hall–Kier alpha value is -3.16. The van der Waals surface area contributed by atoms with E-state index in [1.165, 1.54) is 128 Å². The summed E-state index contributed by atoms with van der Waals surface area (Å²) in [4.78, 5) is 62.3. The summed E-state index contributed by atoms with van der Waals surface area (Å²) in [5, 5.41) is 0. The van der Waals surface area contributed by atoms with Gasteiger partial charge in [-0.2, -0.15) is 9.97 Å². The SMILES string of the molecule is CCCCCCCCCCCCCCCC(=O)OCC(COCCOCCOCCOP(=O)(O)OCCN1CCC(Cn2c(=O)[nH]c3c(N)nc(OC(C)CCC)nc32)CC1)OC(=O)CCCCCCCCCCCCCCC. The fourth-order valence-electron chi connectivity index (χ4n) is 9.93. The largest absolute Gasteiger partial charge is 0.472 e. The second-order valence-corrected chi connectivity index (χ2v) is 23.3. The number of phosphoric acid groups is 1. The number of nitrogen functional groups attached to an aromatic ring is 1. The van der Waals surface area contributed by atoms with Gasteiger partial charge in [0.15, 0.2) is 17.6 Å². The molecule has 19 nitrogen and oxygen atoms in total. The van der Waals surface area contributed by atoms with Gasteiger partial charge in [-0.3, -0.25) is 23.2 Å². The third-order valence-corrected chi connectivity index (χ3v) is 15.7. The van der Waals surface area contributed by atoms with E-state index in [-0.39, 0.29) is 101 Å². The van der Waals surface area contributed by atoms with Gasteiger partial charge in [0.05, 0.1) is 59.0 Å². The van der Waals surface area contributed by atoms with Crippen LogP contribution in [0.1, 0.15) is 233 Å². The second kappa shape index (κ2) is 45.4. The lowest BCUT2D eigenvalue weighted by atomic mass is 9.97. The van der Waals surface area contributed by atoms with Crippen LogP contribution in [-0.2, 0) is 53.4 Å². The maximum Gasteiger partial charge on any atom is 0.472 e. The van der Waals surface area contributed by atoms with Crippen molar-refractivity contribution in [2.75, 3.05) is 84.8 Å². The summed E-state index contributed by atoms with van der Waals surface area (Å²) < 4.78 is 58.6. The van der Waals surface area contributed by atoms with Crippen LogP contribution in [0.5, 0.6) is 6.01 Å². The van der Waals surface area contributed by atoms with Gasteiger partial charge >= 0.3 is 31.5 Å². The normalized spacial score (nSPS) is 14.9. The number of hydrogen-bond donors (Lipinski definition) is 3. The van der Waals surface area contributed by atoms with Crippen molar-refractivity contribution in [2.24, 2.45) is 5.92 Å². The molecule has 0 amide bonds. The van der Waals surface area contributed by atoms with Crippen LogP contribution in [0, 0.1) is 5.92 Å². The minimum absolute atomic E-state index is 0.0138. The highest BCUT2D eigenvalue weighted by molar-refractivity contribution is 7.47. The van der Waals surface area contributed by atoms with E-state index >= 15 is 0 Å². The number of imidazole rings is 1. The molecule has 0 aliphatic carbocycles. The highest BCUT2D eigenvalue weighted by Gasteiger charge is 2.26. The van der Waals surface area contributed by atoms with Gasteiger partial charge in [-0.1, -0.05) is 181 Å². The number of H-pyrrole nitrogens is 1. The molecule has 1 fully saturated rings. The number of carbonyl (C=O) groups is 2. The monoisotopic (exact) mass is 1140 g/mol. The maximum atomic E-state index is 12.9. The van der Waals surface area contributed by atoms with E-state index in [1.807, 2.05) is 6.92 Å². The van der Waals surface area contributed by atoms with E-state index in [0.29, 0.717) is 37.1 Å². The number of hydrogen-bond acceptors (Lipinski definition) is 16. The number of carbonyl (C=O) groups excluding carboxylic acids is 2. The van der Waals surface area contributed by atoms with Crippen molar-refractivity contribution in [3.63, 3.8) is 0 Å². The maximum absolute atomic E-state index is 12.9. The molecule has 3 rings (SSSR count). The van der Waals surface area contributed by atoms with Gasteiger partial charge in [0, 0.05) is 25.9 Å². The molecule has 0 saturated carbocycles. The number of aromatic nitrogens is 4. The van der Waals surface area contributed by atoms with Crippen LogP contribution < -0.4 is 16.2 Å². The Morgan fingerprint density at radius 1 is 0.646 bits per heavy atom. The summed E-state index contributed by atoms with van der Waals surface area (Å²) in [5.74, 6) is -0.208. The second-order valence-electron chi connectivity index (χ2n) is 21.8. The third-order valence-electron chi connectivity index (χ3n) is 14.7. The predicted molar refractivity (Wildman–Crippen MR) is 312 cm³/mol. The summed E-state index contributed by atoms with van der Waals surface area (Å²) in [6.07, 6.45) is 35.3. The van der Waals surface area contributed by atoms with Gasteiger partial charge in [-0.05, 0) is 58.0 Å². The zero-order valence-corrected chi connectivity index (χ0v) is 50.6. The topological polar surface area (TPSA) is 238 Å². The summed E-state index contributed by atoms with van der Waals surface area (Å²) in [6.45, 7) is 11.9. The van der Waals surface area contributed by atoms with Gasteiger partial charge in [0.25, 0.3) is 0 Å². The molecule has 0 aromatic carbocycles. The van der Waals surface area contributed by atoms with Crippen LogP contribution in [0.25, 0.3) is 11.2 Å². The number of anilines is 1. The first kappa shape index (κ1) is 70.1. The quantitative estimate of drug-likeness (QED) is 0.0317. The van der Waals surface area contributed by atoms with Gasteiger partial charge < -0.3 is 48.9 Å². The van der Waals surface area contributed by atoms with Crippen LogP contribution >= 0.6 is 7.82 Å². The Kier molecular flexibility index (Phi) is 40.3. The van der Waals surface area contributed by atoms with Crippen molar-refractivity contribution in [2.45, 2.75) is 252 Å². The zero-order valence-electron chi connectivity index (χ0n) is 49.7. The van der Waals surface area contributed by atoms with E-state index in [2.05, 4.69) is 40.6 Å². The average molecular weight is 1140 g/mol. The van der Waals surface area contributed by atoms with Crippen LogP contribution in [-0.4, -0.2) is 133 Å². The van der Waals surface area contributed by atoms with E-state index in [9.17, 15) is 23.8 Å². The van der Waals surface area contributed by atoms with Crippen molar-refractivity contribution in [1.82, 2.24) is 24.4 Å². The molecule has 1 aliphatic rings. The number of likely N-dealkylation sites (tertiary alicyclic amines) is 1. The van der Waals surface area contributed by atoms with Gasteiger partial charge in [0.2, 0.25) is 0 Å². The van der Waals surface area contributed by atoms with Crippen molar-refractivity contribution < 1.29 is 56.5 Å². The predicted octanol–water partition coefficient (Wildman–Crippen LogP) is 12.6. The molecule has 79 heavy (non-hydrogen) atoms. The molecule has 2 aromatic rings. The Bertz CT molecular complexity index is 1950. The van der Waals surface area contributed by atoms with E-state index in [1.54, 1.807) is 4.57 Å². The Balaban J connectivity index is 1.24. The molecule has 458 valence electrons. The Labute approximate surface area is 475 Å². The van der Waals surface area contributed by atoms with Crippen molar-refractivity contribution in [3.8, 4) is 6.01 Å². The highest BCUT2D eigenvalue weighted by atomic mass is 31.2. The lowest BCUT2D eigenvalue weighted by Crippen LogP contribution is -2.37. The van der Waals surface area contributed by atoms with E-state index in [4.69, 9.17) is 43.2 Å². The minimum atomic E-state index is -4.29. The van der Waals surface area contributed by atoms with Gasteiger partial charge in [-0.25, -0.2) is 9.36 Å².